The van der Waals surface area contributed by atoms with Gasteiger partial charge < -0.3 is 15.4 Å². The summed E-state index contributed by atoms with van der Waals surface area (Å²) in [5.41, 5.74) is -0.678. The van der Waals surface area contributed by atoms with Crippen LogP contribution in [0.2, 0.25) is 0 Å². The highest BCUT2D eigenvalue weighted by Crippen LogP contribution is 2.25. The first-order valence-electron chi connectivity index (χ1n) is 8.42. The summed E-state index contributed by atoms with van der Waals surface area (Å²) in [5.74, 6) is -2.78. The maximum Gasteiger partial charge on any atom is 0.255 e. The van der Waals surface area contributed by atoms with Crippen molar-refractivity contribution in [2.75, 3.05) is 13.2 Å². The summed E-state index contributed by atoms with van der Waals surface area (Å²) >= 11 is 0. The van der Waals surface area contributed by atoms with Gasteiger partial charge in [-0.1, -0.05) is 12.1 Å². The first-order chi connectivity index (χ1) is 12.9. The molecule has 0 fully saturated rings. The molecule has 0 radical (unpaired) electrons. The van der Waals surface area contributed by atoms with Gasteiger partial charge in [-0.05, 0) is 42.1 Å². The molecule has 0 saturated heterocycles. The molecule has 8 heteroatoms. The summed E-state index contributed by atoms with van der Waals surface area (Å²) in [5, 5.41) is 12.3. The van der Waals surface area contributed by atoms with Crippen molar-refractivity contribution in [1.29, 1.82) is 0 Å². The van der Waals surface area contributed by atoms with Crippen molar-refractivity contribution in [3.05, 3.63) is 81.3 Å². The monoisotopic (exact) mass is 408 g/mol. The van der Waals surface area contributed by atoms with Gasteiger partial charge in [0.1, 0.15) is 11.6 Å². The van der Waals surface area contributed by atoms with Crippen LogP contribution in [0, 0.1) is 11.6 Å². The minimum atomic E-state index is -0.977. The number of H-pyrrole nitrogens is 1. The zero-order chi connectivity index (χ0) is 19.6. The molecule has 0 bridgehead atoms. The molecule has 0 aliphatic heterocycles. The molecule has 2 aromatic carbocycles. The fourth-order valence-corrected chi connectivity index (χ4v) is 3.01. The quantitative estimate of drug-likeness (QED) is 0.547. The van der Waals surface area contributed by atoms with E-state index in [9.17, 15) is 18.4 Å². The average molecular weight is 409 g/mol. The van der Waals surface area contributed by atoms with Crippen LogP contribution in [0.25, 0.3) is 10.8 Å². The third-order valence-corrected chi connectivity index (χ3v) is 4.41. The van der Waals surface area contributed by atoms with Gasteiger partial charge in [-0.3, -0.25) is 9.59 Å². The van der Waals surface area contributed by atoms with Crippen LogP contribution < -0.4 is 10.9 Å². The van der Waals surface area contributed by atoms with Gasteiger partial charge in [0, 0.05) is 29.7 Å². The van der Waals surface area contributed by atoms with Crippen molar-refractivity contribution in [3.8, 4) is 0 Å². The number of aromatic nitrogens is 1. The van der Waals surface area contributed by atoms with Gasteiger partial charge in [-0.25, -0.2) is 8.78 Å². The Labute approximate surface area is 165 Å². The van der Waals surface area contributed by atoms with Crippen molar-refractivity contribution in [2.24, 2.45) is 0 Å². The van der Waals surface area contributed by atoms with E-state index in [2.05, 4.69) is 10.3 Å². The molecule has 0 spiro atoms. The highest BCUT2D eigenvalue weighted by atomic mass is 35.5. The fraction of sp³-hybridized carbons (Fsp3) is 0.200. The molecule has 0 unspecified atom stereocenters. The number of aromatic amines is 1. The SMILES string of the molecule is C[C@H](NCCO)c1cc(F)c(C(=O)c2cccc3c(=O)[nH]ccc23)c(F)c1.Cl. The largest absolute Gasteiger partial charge is 0.395 e. The number of hydrogen-bond donors (Lipinski definition) is 3. The number of halogens is 3. The molecule has 1 heterocycles. The Bertz CT molecular complexity index is 1050. The predicted molar refractivity (Wildman–Crippen MR) is 105 cm³/mol. The van der Waals surface area contributed by atoms with Crippen LogP contribution in [0.5, 0.6) is 0 Å². The highest BCUT2D eigenvalue weighted by molar-refractivity contribution is 6.16. The van der Waals surface area contributed by atoms with Gasteiger partial charge in [0.05, 0.1) is 12.2 Å². The Morgan fingerprint density at radius 3 is 2.50 bits per heavy atom. The number of hydrogen-bond acceptors (Lipinski definition) is 4. The molecule has 0 amide bonds. The lowest BCUT2D eigenvalue weighted by Crippen LogP contribution is -2.22. The normalized spacial score (nSPS) is 11.9. The van der Waals surface area contributed by atoms with Crippen molar-refractivity contribution >= 4 is 29.0 Å². The van der Waals surface area contributed by atoms with Crippen LogP contribution >= 0.6 is 12.4 Å². The van der Waals surface area contributed by atoms with E-state index in [4.69, 9.17) is 5.11 Å². The van der Waals surface area contributed by atoms with Gasteiger partial charge in [-0.2, -0.15) is 0 Å². The number of pyridine rings is 1. The Balaban J connectivity index is 0.00000280. The van der Waals surface area contributed by atoms with Gasteiger partial charge in [0.2, 0.25) is 0 Å². The summed E-state index contributed by atoms with van der Waals surface area (Å²) in [6.07, 6.45) is 1.38. The highest BCUT2D eigenvalue weighted by Gasteiger charge is 2.23. The summed E-state index contributed by atoms with van der Waals surface area (Å²) < 4.78 is 29.2. The van der Waals surface area contributed by atoms with Gasteiger partial charge in [-0.15, -0.1) is 12.4 Å². The van der Waals surface area contributed by atoms with E-state index in [1.54, 1.807) is 6.92 Å². The number of fused-ring (bicyclic) bond motifs is 1. The number of benzene rings is 2. The molecule has 1 atom stereocenters. The number of carbonyl (C=O) groups is 1. The molecule has 0 aliphatic carbocycles. The molecule has 5 nitrogen and oxygen atoms in total. The molecular weight excluding hydrogens is 390 g/mol. The third-order valence-electron chi connectivity index (χ3n) is 4.41. The Kier molecular flexibility index (Phi) is 7.01. The van der Waals surface area contributed by atoms with Crippen molar-refractivity contribution in [2.45, 2.75) is 13.0 Å². The number of aliphatic hydroxyl groups excluding tert-OH is 1. The summed E-state index contributed by atoms with van der Waals surface area (Å²) in [6, 6.07) is 7.79. The van der Waals surface area contributed by atoms with Crippen LogP contribution in [-0.4, -0.2) is 29.0 Å². The van der Waals surface area contributed by atoms with Gasteiger partial charge in [0.15, 0.2) is 5.78 Å². The number of rotatable bonds is 6. The molecule has 3 aromatic rings. The minimum absolute atomic E-state index is 0. The predicted octanol–water partition coefficient (Wildman–Crippen LogP) is 3.10. The van der Waals surface area contributed by atoms with E-state index < -0.39 is 29.0 Å². The summed E-state index contributed by atoms with van der Waals surface area (Å²) in [4.78, 5) is 27.2. The molecule has 28 heavy (non-hydrogen) atoms. The van der Waals surface area contributed by atoms with Crippen LogP contribution in [0.1, 0.15) is 34.5 Å². The van der Waals surface area contributed by atoms with Gasteiger partial charge in [0.25, 0.3) is 5.56 Å². The smallest absolute Gasteiger partial charge is 0.255 e. The van der Waals surface area contributed by atoms with E-state index in [-0.39, 0.29) is 42.1 Å². The lowest BCUT2D eigenvalue weighted by Gasteiger charge is -2.15. The number of aliphatic hydroxyl groups is 1. The summed E-state index contributed by atoms with van der Waals surface area (Å²) in [6.45, 7) is 1.87. The average Bonchev–Trinajstić information content (AvgIpc) is 2.65. The van der Waals surface area contributed by atoms with Crippen molar-refractivity contribution in [3.63, 3.8) is 0 Å². The number of carbonyl (C=O) groups excluding carboxylic acids is 1. The molecule has 1 aromatic heterocycles. The maximum absolute atomic E-state index is 14.6. The first kappa shape index (κ1) is 21.7. The van der Waals surface area contributed by atoms with Crippen LogP contribution in [-0.2, 0) is 0 Å². The van der Waals surface area contributed by atoms with Gasteiger partial charge >= 0.3 is 0 Å². The molecule has 0 aliphatic rings. The molecular formula is C20H19ClF2N2O3. The van der Waals surface area contributed by atoms with E-state index in [0.29, 0.717) is 10.9 Å². The maximum atomic E-state index is 14.6. The molecule has 0 saturated carbocycles. The minimum Gasteiger partial charge on any atom is -0.395 e. The first-order valence-corrected chi connectivity index (χ1v) is 8.42. The fourth-order valence-electron chi connectivity index (χ4n) is 3.01. The van der Waals surface area contributed by atoms with E-state index in [0.717, 1.165) is 12.1 Å². The molecule has 148 valence electrons. The number of nitrogens with one attached hydrogen (secondary N) is 2. The standard InChI is InChI=1S/C20H18F2N2O3.ClH/c1-11(23-7-8-25)12-9-16(21)18(17(22)10-12)19(26)14-3-2-4-15-13(14)5-6-24-20(15)27;/h2-6,9-11,23,25H,7-8H2,1H3,(H,24,27);1H/t11-;/m0./s1. The molecule has 3 N–H and O–H groups in total. The van der Waals surface area contributed by atoms with Crippen LogP contribution in [0.4, 0.5) is 8.78 Å². The lowest BCUT2D eigenvalue weighted by atomic mass is 9.95. The van der Waals surface area contributed by atoms with Crippen molar-refractivity contribution in [1.82, 2.24) is 10.3 Å². The lowest BCUT2D eigenvalue weighted by molar-refractivity contribution is 0.103. The summed E-state index contributed by atoms with van der Waals surface area (Å²) in [7, 11) is 0. The second kappa shape index (κ2) is 9.05. The van der Waals surface area contributed by atoms with E-state index in [1.165, 1.54) is 30.5 Å². The van der Waals surface area contributed by atoms with E-state index >= 15 is 0 Å². The van der Waals surface area contributed by atoms with E-state index in [1.807, 2.05) is 0 Å². The van der Waals surface area contributed by atoms with Crippen LogP contribution in [0.3, 0.4) is 0 Å². The Hall–Kier alpha value is -2.61. The Morgan fingerprint density at radius 2 is 1.86 bits per heavy atom. The second-order valence-electron chi connectivity index (χ2n) is 6.16. The third kappa shape index (κ3) is 4.11. The molecule has 3 rings (SSSR count). The van der Waals surface area contributed by atoms with Crippen LogP contribution in [0.15, 0.2) is 47.4 Å². The zero-order valence-corrected chi connectivity index (χ0v) is 15.8. The Morgan fingerprint density at radius 1 is 1.18 bits per heavy atom. The zero-order valence-electron chi connectivity index (χ0n) is 15.0. The second-order valence-corrected chi connectivity index (χ2v) is 6.16. The van der Waals surface area contributed by atoms with Crippen molar-refractivity contribution < 1.29 is 18.7 Å². The number of ketones is 1. The topological polar surface area (TPSA) is 82.2 Å².